The van der Waals surface area contributed by atoms with Crippen molar-refractivity contribution >= 4 is 27.5 Å². The van der Waals surface area contributed by atoms with Gasteiger partial charge < -0.3 is 15.8 Å². The summed E-state index contributed by atoms with van der Waals surface area (Å²) in [5, 5.41) is 11.8. The number of halogens is 1. The summed E-state index contributed by atoms with van der Waals surface area (Å²) in [5.41, 5.74) is 7.55. The van der Waals surface area contributed by atoms with E-state index in [0.717, 1.165) is 29.0 Å². The lowest BCUT2D eigenvalue weighted by Gasteiger charge is -2.33. The van der Waals surface area contributed by atoms with E-state index in [9.17, 15) is 0 Å². The summed E-state index contributed by atoms with van der Waals surface area (Å²) in [6.45, 7) is 4.48. The van der Waals surface area contributed by atoms with Crippen LogP contribution in [0.15, 0.2) is 27.8 Å². The largest absolute Gasteiger partial charge is 0.409 e. The van der Waals surface area contributed by atoms with E-state index < -0.39 is 0 Å². The van der Waals surface area contributed by atoms with Gasteiger partial charge in [-0.25, -0.2) is 0 Å². The second-order valence-corrected chi connectivity index (χ2v) is 6.22. The van der Waals surface area contributed by atoms with E-state index in [2.05, 4.69) is 32.9 Å². The Kier molecular flexibility index (Phi) is 5.29. The molecule has 2 rings (SSSR count). The van der Waals surface area contributed by atoms with Gasteiger partial charge in [-0.1, -0.05) is 24.9 Å². The van der Waals surface area contributed by atoms with Crippen molar-refractivity contribution in [1.29, 1.82) is 0 Å². The smallest absolute Gasteiger partial charge is 0.171 e. The predicted molar refractivity (Wildman–Crippen MR) is 86.5 cm³/mol. The van der Waals surface area contributed by atoms with E-state index in [1.807, 2.05) is 18.2 Å². The van der Waals surface area contributed by atoms with Crippen molar-refractivity contribution in [3.8, 4) is 0 Å². The van der Waals surface area contributed by atoms with Gasteiger partial charge in [0.2, 0.25) is 0 Å². The maximum absolute atomic E-state index is 8.74. The summed E-state index contributed by atoms with van der Waals surface area (Å²) < 4.78 is 0.862. The lowest BCUT2D eigenvalue weighted by Crippen LogP contribution is -2.33. The van der Waals surface area contributed by atoms with E-state index in [4.69, 9.17) is 10.9 Å². The van der Waals surface area contributed by atoms with Crippen LogP contribution in [-0.2, 0) is 0 Å². The van der Waals surface area contributed by atoms with Gasteiger partial charge in [0, 0.05) is 28.8 Å². The molecule has 20 heavy (non-hydrogen) atoms. The van der Waals surface area contributed by atoms with Gasteiger partial charge in [0.05, 0.1) is 0 Å². The fourth-order valence-electron chi connectivity index (χ4n) is 2.85. The Morgan fingerprint density at radius 2 is 2.15 bits per heavy atom. The van der Waals surface area contributed by atoms with Crippen LogP contribution >= 0.6 is 15.9 Å². The number of anilines is 1. The first kappa shape index (κ1) is 15.2. The van der Waals surface area contributed by atoms with Crippen LogP contribution < -0.4 is 10.6 Å². The highest BCUT2D eigenvalue weighted by molar-refractivity contribution is 9.10. The minimum Gasteiger partial charge on any atom is -0.409 e. The molecular weight excluding hydrogens is 318 g/mol. The molecule has 1 fully saturated rings. The standard InChI is InChI=1S/C15H22BrN3O/c1-2-3-11-6-8-19(9-7-11)12-4-5-13(14(16)10-12)15(17)18-20/h4-5,10-11,20H,2-3,6-9H2,1H3,(H2,17,18). The summed E-state index contributed by atoms with van der Waals surface area (Å²) >= 11 is 3.49. The number of amidine groups is 1. The Morgan fingerprint density at radius 1 is 1.45 bits per heavy atom. The lowest BCUT2D eigenvalue weighted by atomic mass is 9.92. The second kappa shape index (κ2) is 6.97. The number of rotatable bonds is 4. The lowest BCUT2D eigenvalue weighted by molar-refractivity contribution is 0.318. The van der Waals surface area contributed by atoms with E-state index >= 15 is 0 Å². The highest BCUT2D eigenvalue weighted by atomic mass is 79.9. The third-order valence-electron chi connectivity index (χ3n) is 4.01. The van der Waals surface area contributed by atoms with Crippen molar-refractivity contribution in [3.63, 3.8) is 0 Å². The molecular formula is C15H22BrN3O. The third kappa shape index (κ3) is 3.45. The SMILES string of the molecule is CCCC1CCN(c2ccc(/C(N)=N/O)c(Br)c2)CC1. The summed E-state index contributed by atoms with van der Waals surface area (Å²) in [6.07, 6.45) is 5.17. The fraction of sp³-hybridized carbons (Fsp3) is 0.533. The van der Waals surface area contributed by atoms with Crippen LogP contribution in [0.2, 0.25) is 0 Å². The highest BCUT2D eigenvalue weighted by Gasteiger charge is 2.19. The quantitative estimate of drug-likeness (QED) is 0.381. The Labute approximate surface area is 128 Å². The van der Waals surface area contributed by atoms with E-state index in [-0.39, 0.29) is 5.84 Å². The topological polar surface area (TPSA) is 61.8 Å². The maximum atomic E-state index is 8.74. The molecule has 1 aliphatic heterocycles. The molecule has 1 aromatic rings. The van der Waals surface area contributed by atoms with Crippen molar-refractivity contribution in [2.45, 2.75) is 32.6 Å². The van der Waals surface area contributed by atoms with Gasteiger partial charge in [-0.2, -0.15) is 0 Å². The molecule has 110 valence electrons. The van der Waals surface area contributed by atoms with E-state index in [1.54, 1.807) is 0 Å². The molecule has 0 amide bonds. The zero-order valence-electron chi connectivity index (χ0n) is 11.8. The summed E-state index contributed by atoms with van der Waals surface area (Å²) in [6, 6.07) is 5.98. The first-order valence-corrected chi connectivity index (χ1v) is 7.97. The Morgan fingerprint density at radius 3 is 2.70 bits per heavy atom. The molecule has 0 aromatic heterocycles. The van der Waals surface area contributed by atoms with Gasteiger partial charge in [-0.3, -0.25) is 0 Å². The number of nitrogens with two attached hydrogens (primary N) is 1. The van der Waals surface area contributed by atoms with E-state index in [0.29, 0.717) is 0 Å². The first-order chi connectivity index (χ1) is 9.65. The molecule has 1 aliphatic rings. The molecule has 0 spiro atoms. The van der Waals surface area contributed by atoms with Crippen molar-refractivity contribution in [2.75, 3.05) is 18.0 Å². The van der Waals surface area contributed by atoms with Gasteiger partial charge in [-0.15, -0.1) is 0 Å². The first-order valence-electron chi connectivity index (χ1n) is 7.18. The molecule has 4 nitrogen and oxygen atoms in total. The van der Waals surface area contributed by atoms with Crippen LogP contribution in [0.1, 0.15) is 38.2 Å². The number of benzene rings is 1. The molecule has 1 heterocycles. The van der Waals surface area contributed by atoms with Crippen LogP contribution in [0.3, 0.4) is 0 Å². The molecule has 0 atom stereocenters. The van der Waals surface area contributed by atoms with Gasteiger partial charge in [-0.05, 0) is 52.9 Å². The summed E-state index contributed by atoms with van der Waals surface area (Å²) in [7, 11) is 0. The van der Waals surface area contributed by atoms with Gasteiger partial charge in [0.25, 0.3) is 0 Å². The highest BCUT2D eigenvalue weighted by Crippen LogP contribution is 2.29. The average molecular weight is 340 g/mol. The number of hydrogen-bond donors (Lipinski definition) is 2. The third-order valence-corrected chi connectivity index (χ3v) is 4.67. The monoisotopic (exact) mass is 339 g/mol. The fourth-order valence-corrected chi connectivity index (χ4v) is 3.42. The van der Waals surface area contributed by atoms with Crippen LogP contribution in [0.4, 0.5) is 5.69 Å². The molecule has 0 radical (unpaired) electrons. The van der Waals surface area contributed by atoms with Gasteiger partial charge >= 0.3 is 0 Å². The number of nitrogens with zero attached hydrogens (tertiary/aromatic N) is 2. The van der Waals surface area contributed by atoms with Crippen LogP contribution in [-0.4, -0.2) is 24.1 Å². The number of piperidine rings is 1. The van der Waals surface area contributed by atoms with Crippen molar-refractivity contribution in [1.82, 2.24) is 0 Å². The van der Waals surface area contributed by atoms with Crippen molar-refractivity contribution < 1.29 is 5.21 Å². The maximum Gasteiger partial charge on any atom is 0.171 e. The van der Waals surface area contributed by atoms with Gasteiger partial charge in [0.15, 0.2) is 5.84 Å². The van der Waals surface area contributed by atoms with Crippen molar-refractivity contribution in [2.24, 2.45) is 16.8 Å². The van der Waals surface area contributed by atoms with Crippen LogP contribution in [0.5, 0.6) is 0 Å². The molecule has 1 saturated heterocycles. The summed E-state index contributed by atoms with van der Waals surface area (Å²) in [5.74, 6) is 1.02. The second-order valence-electron chi connectivity index (χ2n) is 5.37. The number of hydrogen-bond acceptors (Lipinski definition) is 3. The Hall–Kier alpha value is -1.23. The van der Waals surface area contributed by atoms with E-state index in [1.165, 1.54) is 31.4 Å². The number of oxime groups is 1. The molecule has 0 unspecified atom stereocenters. The predicted octanol–water partition coefficient (Wildman–Crippen LogP) is 3.56. The van der Waals surface area contributed by atoms with Crippen molar-refractivity contribution in [3.05, 3.63) is 28.2 Å². The minimum atomic E-state index is 0.130. The van der Waals surface area contributed by atoms with Crippen LogP contribution in [0, 0.1) is 5.92 Å². The zero-order chi connectivity index (χ0) is 14.5. The molecule has 5 heteroatoms. The Balaban J connectivity index is 2.06. The normalized spacial score (nSPS) is 17.5. The van der Waals surface area contributed by atoms with Gasteiger partial charge in [0.1, 0.15) is 0 Å². The zero-order valence-corrected chi connectivity index (χ0v) is 13.4. The molecule has 0 bridgehead atoms. The molecule has 0 saturated carbocycles. The van der Waals surface area contributed by atoms with Crippen LogP contribution in [0.25, 0.3) is 0 Å². The molecule has 0 aliphatic carbocycles. The molecule has 3 N–H and O–H groups in total. The average Bonchev–Trinajstić information content (AvgIpc) is 2.47. The summed E-state index contributed by atoms with van der Waals surface area (Å²) in [4.78, 5) is 2.41. The molecule has 1 aromatic carbocycles. The minimum absolute atomic E-state index is 0.130. The Bertz CT molecular complexity index is 482.